The predicted octanol–water partition coefficient (Wildman–Crippen LogP) is 4.72. The molecule has 7 heteroatoms. The zero-order valence-electron chi connectivity index (χ0n) is 19.1. The van der Waals surface area contributed by atoms with Gasteiger partial charge in [0.15, 0.2) is 23.0 Å². The van der Waals surface area contributed by atoms with E-state index >= 15 is 0 Å². The number of hydrogen-bond acceptors (Lipinski definition) is 7. The van der Waals surface area contributed by atoms with Gasteiger partial charge in [-0.2, -0.15) is 0 Å². The summed E-state index contributed by atoms with van der Waals surface area (Å²) in [5.74, 6) is 4.34. The first kappa shape index (κ1) is 22.0. The Bertz CT molecular complexity index is 1040. The minimum absolute atomic E-state index is 0.184. The number of piperidine rings is 1. The number of methoxy groups -OCH3 is 3. The van der Waals surface area contributed by atoms with Crippen molar-refractivity contribution in [3.63, 3.8) is 0 Å². The first-order chi connectivity index (χ1) is 15.6. The highest BCUT2D eigenvalue weighted by atomic mass is 16.5. The molecule has 1 aromatic heterocycles. The molecule has 3 aromatic rings. The Morgan fingerprint density at radius 1 is 0.906 bits per heavy atom. The number of para-hydroxylation sites is 2. The van der Waals surface area contributed by atoms with Crippen LogP contribution in [0.5, 0.6) is 23.0 Å². The van der Waals surface area contributed by atoms with E-state index in [-0.39, 0.29) is 6.10 Å². The third kappa shape index (κ3) is 4.83. The molecule has 0 spiro atoms. The van der Waals surface area contributed by atoms with Crippen LogP contribution < -0.4 is 18.9 Å². The summed E-state index contributed by atoms with van der Waals surface area (Å²) in [4.78, 5) is 7.16. The van der Waals surface area contributed by atoms with Crippen molar-refractivity contribution < 1.29 is 23.4 Å². The van der Waals surface area contributed by atoms with Gasteiger partial charge in [0.05, 0.1) is 27.0 Å². The minimum Gasteiger partial charge on any atom is -0.493 e. The van der Waals surface area contributed by atoms with Gasteiger partial charge in [-0.05, 0) is 50.1 Å². The number of rotatable bonds is 8. The Labute approximate surface area is 188 Å². The fraction of sp³-hybridized carbons (Fsp3) is 0.400. The van der Waals surface area contributed by atoms with Crippen LogP contribution in [0.4, 0.5) is 0 Å². The van der Waals surface area contributed by atoms with Gasteiger partial charge in [0.2, 0.25) is 5.89 Å². The van der Waals surface area contributed by atoms with Crippen molar-refractivity contribution in [2.75, 3.05) is 34.4 Å². The third-order valence-corrected chi connectivity index (χ3v) is 5.79. The van der Waals surface area contributed by atoms with Gasteiger partial charge in [-0.1, -0.05) is 12.1 Å². The first-order valence-electron chi connectivity index (χ1n) is 10.8. The molecular weight excluding hydrogens is 408 g/mol. The lowest BCUT2D eigenvalue weighted by Crippen LogP contribution is -2.38. The lowest BCUT2D eigenvalue weighted by atomic mass is 10.1. The van der Waals surface area contributed by atoms with Crippen LogP contribution in [0.3, 0.4) is 0 Å². The summed E-state index contributed by atoms with van der Waals surface area (Å²) in [6.07, 6.45) is 2.10. The normalized spacial score (nSPS) is 14.9. The van der Waals surface area contributed by atoms with Crippen molar-refractivity contribution in [2.45, 2.75) is 32.4 Å². The van der Waals surface area contributed by atoms with Crippen LogP contribution in [0.25, 0.3) is 11.5 Å². The summed E-state index contributed by atoms with van der Waals surface area (Å²) in [5.41, 5.74) is 1.82. The van der Waals surface area contributed by atoms with Gasteiger partial charge >= 0.3 is 0 Å². The monoisotopic (exact) mass is 438 g/mol. The molecule has 170 valence electrons. The molecule has 32 heavy (non-hydrogen) atoms. The van der Waals surface area contributed by atoms with E-state index in [0.29, 0.717) is 17.4 Å². The molecule has 0 aliphatic carbocycles. The molecule has 1 saturated heterocycles. The topological polar surface area (TPSA) is 66.2 Å². The Morgan fingerprint density at radius 3 is 2.25 bits per heavy atom. The van der Waals surface area contributed by atoms with E-state index in [2.05, 4.69) is 4.90 Å². The molecule has 0 N–H and O–H groups in total. The van der Waals surface area contributed by atoms with Gasteiger partial charge in [0.1, 0.15) is 11.9 Å². The predicted molar refractivity (Wildman–Crippen MR) is 122 cm³/mol. The zero-order chi connectivity index (χ0) is 22.5. The summed E-state index contributed by atoms with van der Waals surface area (Å²) in [6.45, 7) is 4.60. The van der Waals surface area contributed by atoms with Crippen LogP contribution in [0.2, 0.25) is 0 Å². The molecule has 0 atom stereocenters. The lowest BCUT2D eigenvalue weighted by molar-refractivity contribution is 0.0935. The van der Waals surface area contributed by atoms with Crippen LogP contribution in [0, 0.1) is 6.92 Å². The van der Waals surface area contributed by atoms with Crippen LogP contribution in [-0.2, 0) is 6.54 Å². The second-order valence-electron chi connectivity index (χ2n) is 7.84. The fourth-order valence-electron chi connectivity index (χ4n) is 3.96. The molecule has 4 rings (SSSR count). The van der Waals surface area contributed by atoms with E-state index in [1.807, 2.05) is 49.4 Å². The summed E-state index contributed by atoms with van der Waals surface area (Å²) < 4.78 is 28.3. The molecule has 0 saturated carbocycles. The quantitative estimate of drug-likeness (QED) is 0.504. The number of hydrogen-bond donors (Lipinski definition) is 0. The molecule has 7 nitrogen and oxygen atoms in total. The number of nitrogens with zero attached hydrogens (tertiary/aromatic N) is 2. The molecule has 0 amide bonds. The maximum absolute atomic E-state index is 6.19. The van der Waals surface area contributed by atoms with Gasteiger partial charge in [-0.15, -0.1) is 0 Å². The van der Waals surface area contributed by atoms with Crippen LogP contribution in [-0.4, -0.2) is 50.4 Å². The number of aromatic nitrogens is 1. The average molecular weight is 439 g/mol. The average Bonchev–Trinajstić information content (AvgIpc) is 3.20. The largest absolute Gasteiger partial charge is 0.493 e. The number of benzene rings is 2. The number of likely N-dealkylation sites (tertiary alicyclic amines) is 1. The maximum atomic E-state index is 6.19. The van der Waals surface area contributed by atoms with Gasteiger partial charge in [0, 0.05) is 25.2 Å². The van der Waals surface area contributed by atoms with Crippen molar-refractivity contribution in [2.24, 2.45) is 0 Å². The Morgan fingerprint density at radius 2 is 1.56 bits per heavy atom. The van der Waals surface area contributed by atoms with Crippen LogP contribution in [0.1, 0.15) is 24.3 Å². The van der Waals surface area contributed by atoms with Crippen molar-refractivity contribution in [1.29, 1.82) is 0 Å². The van der Waals surface area contributed by atoms with Gasteiger partial charge in [-0.25, -0.2) is 4.98 Å². The molecule has 1 aliphatic heterocycles. The molecule has 2 heterocycles. The zero-order valence-corrected chi connectivity index (χ0v) is 19.1. The second-order valence-corrected chi connectivity index (χ2v) is 7.84. The van der Waals surface area contributed by atoms with E-state index < -0.39 is 0 Å². The highest BCUT2D eigenvalue weighted by Gasteiger charge is 2.23. The molecule has 2 aromatic carbocycles. The number of aryl methyl sites for hydroxylation is 1. The van der Waals surface area contributed by atoms with E-state index in [0.717, 1.165) is 61.0 Å². The standard InChI is InChI=1S/C25H30N2O5/c1-17-20(26-25(31-17)18-9-10-22(29-3)24(15-18)30-4)16-27-13-11-19(12-14-27)32-23-8-6-5-7-21(23)28-2/h5-10,15,19H,11-14,16H2,1-4H3. The van der Waals surface area contributed by atoms with Crippen molar-refractivity contribution in [3.8, 4) is 34.5 Å². The van der Waals surface area contributed by atoms with Crippen molar-refractivity contribution in [3.05, 3.63) is 53.9 Å². The van der Waals surface area contributed by atoms with E-state index in [1.165, 1.54) is 0 Å². The molecule has 0 radical (unpaired) electrons. The molecule has 0 bridgehead atoms. The first-order valence-corrected chi connectivity index (χ1v) is 10.8. The van der Waals surface area contributed by atoms with Crippen LogP contribution >= 0.6 is 0 Å². The summed E-state index contributed by atoms with van der Waals surface area (Å²) in [5, 5.41) is 0. The molecular formula is C25H30N2O5. The number of oxazole rings is 1. The number of ether oxygens (including phenoxy) is 4. The van der Waals surface area contributed by atoms with Crippen molar-refractivity contribution >= 4 is 0 Å². The summed E-state index contributed by atoms with van der Waals surface area (Å²) >= 11 is 0. The Kier molecular flexibility index (Phi) is 6.85. The minimum atomic E-state index is 0.184. The maximum Gasteiger partial charge on any atom is 0.226 e. The van der Waals surface area contributed by atoms with Gasteiger partial charge in [-0.3, -0.25) is 4.90 Å². The van der Waals surface area contributed by atoms with E-state index in [1.54, 1.807) is 21.3 Å². The van der Waals surface area contributed by atoms with Crippen molar-refractivity contribution in [1.82, 2.24) is 9.88 Å². The fourth-order valence-corrected chi connectivity index (χ4v) is 3.96. The van der Waals surface area contributed by atoms with Crippen LogP contribution in [0.15, 0.2) is 46.9 Å². The van der Waals surface area contributed by atoms with E-state index in [4.69, 9.17) is 28.3 Å². The second kappa shape index (κ2) is 9.96. The van der Waals surface area contributed by atoms with Gasteiger partial charge < -0.3 is 23.4 Å². The molecule has 0 unspecified atom stereocenters. The Hall–Kier alpha value is -3.19. The van der Waals surface area contributed by atoms with E-state index in [9.17, 15) is 0 Å². The smallest absolute Gasteiger partial charge is 0.226 e. The third-order valence-electron chi connectivity index (χ3n) is 5.79. The molecule has 1 fully saturated rings. The summed E-state index contributed by atoms with van der Waals surface area (Å²) in [7, 11) is 4.91. The highest BCUT2D eigenvalue weighted by Crippen LogP contribution is 2.33. The lowest BCUT2D eigenvalue weighted by Gasteiger charge is -2.32. The van der Waals surface area contributed by atoms with Gasteiger partial charge in [0.25, 0.3) is 0 Å². The SMILES string of the molecule is COc1ccc(-c2nc(CN3CCC(Oc4ccccc4OC)CC3)c(C)o2)cc1OC. The summed E-state index contributed by atoms with van der Waals surface area (Å²) in [6, 6.07) is 13.5. The Balaban J connectivity index is 1.37. The molecule has 1 aliphatic rings. The highest BCUT2D eigenvalue weighted by molar-refractivity contribution is 5.60.